The average molecular weight is 326 g/mol. The van der Waals surface area contributed by atoms with E-state index in [1.807, 2.05) is 0 Å². The van der Waals surface area contributed by atoms with Crippen molar-refractivity contribution in [1.82, 2.24) is 4.31 Å². The Bertz CT molecular complexity index is 522. The highest BCUT2D eigenvalue weighted by atomic mass is 79.9. The maximum Gasteiger partial charge on any atom is 0.247 e. The number of hydrogen-bond acceptors (Lipinski definition) is 2. The Kier molecular flexibility index (Phi) is 4.40. The van der Waals surface area contributed by atoms with Gasteiger partial charge in [-0.1, -0.05) is 6.08 Å². The van der Waals surface area contributed by atoms with Gasteiger partial charge in [0.2, 0.25) is 10.0 Å². The molecule has 1 aromatic carbocycles. The molecule has 3 nitrogen and oxygen atoms in total. The van der Waals surface area contributed by atoms with E-state index in [4.69, 9.17) is 0 Å². The Hall–Kier alpha value is -0.790. The number of hydrogen-bond donors (Lipinski definition) is 0. The van der Waals surface area contributed by atoms with Gasteiger partial charge in [-0.25, -0.2) is 17.2 Å². The second-order valence-corrected chi connectivity index (χ2v) is 6.11. The first-order valence-electron chi connectivity index (χ1n) is 4.52. The van der Waals surface area contributed by atoms with E-state index in [1.165, 1.54) is 13.1 Å². The highest BCUT2D eigenvalue weighted by molar-refractivity contribution is 9.10. The van der Waals surface area contributed by atoms with E-state index in [1.54, 1.807) is 0 Å². The van der Waals surface area contributed by atoms with Gasteiger partial charge in [-0.05, 0) is 22.0 Å². The molecule has 94 valence electrons. The zero-order chi connectivity index (χ0) is 13.2. The van der Waals surface area contributed by atoms with Crippen molar-refractivity contribution in [3.8, 4) is 0 Å². The quantitative estimate of drug-likeness (QED) is 0.798. The molecule has 7 heteroatoms. The van der Waals surface area contributed by atoms with Gasteiger partial charge < -0.3 is 0 Å². The molecule has 0 atom stereocenters. The molecular formula is C10H10BrF2NO2S. The van der Waals surface area contributed by atoms with Gasteiger partial charge >= 0.3 is 0 Å². The van der Waals surface area contributed by atoms with E-state index in [9.17, 15) is 17.2 Å². The largest absolute Gasteiger partial charge is 0.247 e. The standard InChI is InChI=1S/C10H10BrF2NO2S/c1-3-4-14(2)17(15,16)10-8(11)5-7(12)6-9(10)13/h3,5-6H,1,4H2,2H3. The molecule has 0 fully saturated rings. The Morgan fingerprint density at radius 2 is 2.06 bits per heavy atom. The van der Waals surface area contributed by atoms with Crippen LogP contribution in [0.1, 0.15) is 0 Å². The Morgan fingerprint density at radius 3 is 2.53 bits per heavy atom. The summed E-state index contributed by atoms with van der Waals surface area (Å²) in [5.74, 6) is -1.98. The van der Waals surface area contributed by atoms with Crippen LogP contribution in [-0.2, 0) is 10.0 Å². The third-order valence-electron chi connectivity index (χ3n) is 2.02. The number of nitrogens with zero attached hydrogens (tertiary/aromatic N) is 1. The summed E-state index contributed by atoms with van der Waals surface area (Å²) in [5, 5.41) is 0. The Balaban J connectivity index is 3.39. The van der Waals surface area contributed by atoms with Gasteiger partial charge in [0, 0.05) is 24.1 Å². The van der Waals surface area contributed by atoms with Gasteiger partial charge in [0.15, 0.2) is 0 Å². The third-order valence-corrected chi connectivity index (χ3v) is 4.81. The van der Waals surface area contributed by atoms with Crippen molar-refractivity contribution in [3.63, 3.8) is 0 Å². The van der Waals surface area contributed by atoms with Crippen LogP contribution < -0.4 is 0 Å². The van der Waals surface area contributed by atoms with Crippen molar-refractivity contribution in [2.45, 2.75) is 4.90 Å². The monoisotopic (exact) mass is 325 g/mol. The summed E-state index contributed by atoms with van der Waals surface area (Å²) in [6.07, 6.45) is 1.37. The molecule has 0 amide bonds. The highest BCUT2D eigenvalue weighted by Gasteiger charge is 2.27. The molecular weight excluding hydrogens is 316 g/mol. The van der Waals surface area contributed by atoms with Crippen LogP contribution in [0.2, 0.25) is 0 Å². The van der Waals surface area contributed by atoms with E-state index in [0.717, 1.165) is 10.4 Å². The predicted molar refractivity (Wildman–Crippen MR) is 64.1 cm³/mol. The number of rotatable bonds is 4. The molecule has 0 radical (unpaired) electrons. The summed E-state index contributed by atoms with van der Waals surface area (Å²) in [6, 6.07) is 1.43. The molecule has 1 rings (SSSR count). The van der Waals surface area contributed by atoms with Crippen LogP contribution >= 0.6 is 15.9 Å². The minimum Gasteiger partial charge on any atom is -0.207 e. The van der Waals surface area contributed by atoms with E-state index in [0.29, 0.717) is 6.07 Å². The van der Waals surface area contributed by atoms with Gasteiger partial charge in [0.05, 0.1) is 0 Å². The first kappa shape index (κ1) is 14.3. The third kappa shape index (κ3) is 2.91. The van der Waals surface area contributed by atoms with Crippen LogP contribution in [0.25, 0.3) is 0 Å². The lowest BCUT2D eigenvalue weighted by Crippen LogP contribution is -2.28. The fourth-order valence-electron chi connectivity index (χ4n) is 1.21. The molecule has 0 aliphatic rings. The topological polar surface area (TPSA) is 37.4 Å². The van der Waals surface area contributed by atoms with E-state index in [-0.39, 0.29) is 11.0 Å². The second kappa shape index (κ2) is 5.24. The van der Waals surface area contributed by atoms with Crippen molar-refractivity contribution in [3.05, 3.63) is 40.9 Å². The van der Waals surface area contributed by atoms with Crippen molar-refractivity contribution in [1.29, 1.82) is 0 Å². The molecule has 0 spiro atoms. The molecule has 0 aromatic heterocycles. The summed E-state index contributed by atoms with van der Waals surface area (Å²) in [6.45, 7) is 3.43. The number of halogens is 3. The van der Waals surface area contributed by atoms with Crippen LogP contribution in [0.4, 0.5) is 8.78 Å². The zero-order valence-electron chi connectivity index (χ0n) is 8.95. The zero-order valence-corrected chi connectivity index (χ0v) is 11.4. The Labute approximate surface area is 107 Å². The number of benzene rings is 1. The highest BCUT2D eigenvalue weighted by Crippen LogP contribution is 2.28. The number of likely N-dealkylation sites (N-methyl/N-ethyl adjacent to an activating group) is 1. The molecule has 17 heavy (non-hydrogen) atoms. The van der Waals surface area contributed by atoms with Gasteiger partial charge in [-0.3, -0.25) is 0 Å². The molecule has 1 aromatic rings. The molecule has 0 saturated carbocycles. The smallest absolute Gasteiger partial charge is 0.207 e. The molecule has 0 N–H and O–H groups in total. The minimum atomic E-state index is -4.01. The van der Waals surface area contributed by atoms with Crippen LogP contribution in [-0.4, -0.2) is 26.3 Å². The summed E-state index contributed by atoms with van der Waals surface area (Å²) in [4.78, 5) is -0.580. The molecule has 0 saturated heterocycles. The van der Waals surface area contributed by atoms with Crippen LogP contribution in [0.5, 0.6) is 0 Å². The lowest BCUT2D eigenvalue weighted by atomic mass is 10.3. The van der Waals surface area contributed by atoms with Gasteiger partial charge in [-0.2, -0.15) is 4.31 Å². The Morgan fingerprint density at radius 1 is 1.47 bits per heavy atom. The molecule has 0 aliphatic heterocycles. The lowest BCUT2D eigenvalue weighted by molar-refractivity contribution is 0.486. The fourth-order valence-corrected chi connectivity index (χ4v) is 3.46. The van der Waals surface area contributed by atoms with Crippen molar-refractivity contribution < 1.29 is 17.2 Å². The normalized spacial score (nSPS) is 11.8. The van der Waals surface area contributed by atoms with Crippen LogP contribution in [0, 0.1) is 11.6 Å². The summed E-state index contributed by atoms with van der Waals surface area (Å²) in [5.41, 5.74) is 0. The van der Waals surface area contributed by atoms with E-state index in [2.05, 4.69) is 22.5 Å². The molecule has 0 aliphatic carbocycles. The van der Waals surface area contributed by atoms with Crippen molar-refractivity contribution in [2.75, 3.05) is 13.6 Å². The average Bonchev–Trinajstić information content (AvgIpc) is 2.15. The fraction of sp³-hybridized carbons (Fsp3) is 0.200. The summed E-state index contributed by atoms with van der Waals surface area (Å²) < 4.78 is 51.0. The van der Waals surface area contributed by atoms with Crippen LogP contribution in [0.15, 0.2) is 34.2 Å². The van der Waals surface area contributed by atoms with E-state index < -0.39 is 26.6 Å². The first-order chi connectivity index (χ1) is 7.80. The molecule has 0 heterocycles. The number of sulfonamides is 1. The maximum absolute atomic E-state index is 13.5. The van der Waals surface area contributed by atoms with Crippen molar-refractivity contribution in [2.24, 2.45) is 0 Å². The maximum atomic E-state index is 13.5. The van der Waals surface area contributed by atoms with Crippen LogP contribution in [0.3, 0.4) is 0 Å². The summed E-state index contributed by atoms with van der Waals surface area (Å²) >= 11 is 2.84. The van der Waals surface area contributed by atoms with Gasteiger partial charge in [0.25, 0.3) is 0 Å². The van der Waals surface area contributed by atoms with Crippen molar-refractivity contribution >= 4 is 26.0 Å². The van der Waals surface area contributed by atoms with Gasteiger partial charge in [0.1, 0.15) is 16.5 Å². The second-order valence-electron chi connectivity index (χ2n) is 3.27. The molecule has 0 unspecified atom stereocenters. The summed E-state index contributed by atoms with van der Waals surface area (Å²) in [7, 11) is -2.72. The lowest BCUT2D eigenvalue weighted by Gasteiger charge is -2.16. The van der Waals surface area contributed by atoms with Gasteiger partial charge in [-0.15, -0.1) is 6.58 Å². The SMILES string of the molecule is C=CCN(C)S(=O)(=O)c1c(F)cc(F)cc1Br. The predicted octanol–water partition coefficient (Wildman–Crippen LogP) is 2.53. The van der Waals surface area contributed by atoms with E-state index >= 15 is 0 Å². The minimum absolute atomic E-state index is 0.0333. The molecule has 0 bridgehead atoms. The first-order valence-corrected chi connectivity index (χ1v) is 6.75.